The number of hydrogen-bond acceptors (Lipinski definition) is 3. The zero-order valence-corrected chi connectivity index (χ0v) is 10.8. The molecule has 1 unspecified atom stereocenters. The van der Waals surface area contributed by atoms with Gasteiger partial charge in [0, 0.05) is 12.1 Å². The van der Waals surface area contributed by atoms with E-state index < -0.39 is 16.8 Å². The molecule has 0 aliphatic heterocycles. The van der Waals surface area contributed by atoms with E-state index in [2.05, 4.69) is 0 Å². The highest BCUT2D eigenvalue weighted by atomic mass is 35.5. The third-order valence-corrected chi connectivity index (χ3v) is 2.90. The molecule has 0 bridgehead atoms. The van der Waals surface area contributed by atoms with Crippen LogP contribution in [0.5, 0.6) is 0 Å². The van der Waals surface area contributed by atoms with Gasteiger partial charge in [-0.1, -0.05) is 25.4 Å². The predicted octanol–water partition coefficient (Wildman–Crippen LogP) is 3.46. The van der Waals surface area contributed by atoms with Gasteiger partial charge in [-0.15, -0.1) is 0 Å². The zero-order chi connectivity index (χ0) is 13.9. The first-order valence-electron chi connectivity index (χ1n) is 5.49. The summed E-state index contributed by atoms with van der Waals surface area (Å²) < 4.78 is 0. The predicted molar refractivity (Wildman–Crippen MR) is 67.9 cm³/mol. The number of rotatable bonds is 5. The maximum atomic E-state index is 11.2. The minimum Gasteiger partial charge on any atom is -0.481 e. The highest BCUT2D eigenvalue weighted by Crippen LogP contribution is 2.32. The highest BCUT2D eigenvalue weighted by Gasteiger charge is 2.24. The fraction of sp³-hybridized carbons (Fsp3) is 0.417. The molecular weight excluding hydrogens is 258 g/mol. The smallest absolute Gasteiger partial charge is 0.311 e. The minimum absolute atomic E-state index is 0.122. The van der Waals surface area contributed by atoms with E-state index in [0.717, 1.165) is 0 Å². The van der Waals surface area contributed by atoms with Crippen LogP contribution in [0.15, 0.2) is 18.2 Å². The number of carbonyl (C=O) groups is 1. The van der Waals surface area contributed by atoms with E-state index >= 15 is 0 Å². The summed E-state index contributed by atoms with van der Waals surface area (Å²) in [6, 6.07) is 3.88. The average molecular weight is 272 g/mol. The van der Waals surface area contributed by atoms with Crippen molar-refractivity contribution in [3.05, 3.63) is 38.9 Å². The molecule has 1 atom stereocenters. The molecule has 1 rings (SSSR count). The number of benzene rings is 1. The molecule has 0 aliphatic carbocycles. The lowest BCUT2D eigenvalue weighted by atomic mass is 9.90. The number of hydrogen-bond donors (Lipinski definition) is 1. The standard InChI is InChI=1S/C12H14ClNO4/c1-7(2)5-10(12(15)16)9-4-3-8(14(17)18)6-11(9)13/h3-4,6-7,10H,5H2,1-2H3,(H,15,16). The molecule has 6 heteroatoms. The third-order valence-electron chi connectivity index (χ3n) is 2.58. The molecule has 1 aromatic carbocycles. The summed E-state index contributed by atoms with van der Waals surface area (Å²) in [4.78, 5) is 21.2. The number of non-ortho nitro benzene ring substituents is 1. The van der Waals surface area contributed by atoms with Gasteiger partial charge in [-0.25, -0.2) is 0 Å². The Morgan fingerprint density at radius 3 is 2.50 bits per heavy atom. The number of carboxylic acids is 1. The summed E-state index contributed by atoms with van der Waals surface area (Å²) in [5, 5.41) is 19.9. The Labute approximate surface area is 110 Å². The van der Waals surface area contributed by atoms with Crippen molar-refractivity contribution in [1.29, 1.82) is 0 Å². The Balaban J connectivity index is 3.13. The van der Waals surface area contributed by atoms with E-state index in [4.69, 9.17) is 11.6 Å². The second-order valence-electron chi connectivity index (χ2n) is 4.48. The molecule has 0 spiro atoms. The van der Waals surface area contributed by atoms with Gasteiger partial charge in [-0.05, 0) is 24.0 Å². The summed E-state index contributed by atoms with van der Waals surface area (Å²) in [5.41, 5.74) is 0.279. The van der Waals surface area contributed by atoms with Gasteiger partial charge in [0.1, 0.15) is 0 Å². The molecule has 1 aromatic rings. The van der Waals surface area contributed by atoms with E-state index in [1.165, 1.54) is 18.2 Å². The van der Waals surface area contributed by atoms with E-state index in [1.54, 1.807) is 0 Å². The first-order chi connectivity index (χ1) is 8.32. The number of nitrogens with zero attached hydrogens (tertiary/aromatic N) is 1. The summed E-state index contributed by atoms with van der Waals surface area (Å²) >= 11 is 5.93. The molecule has 0 aromatic heterocycles. The third kappa shape index (κ3) is 3.43. The first kappa shape index (κ1) is 14.4. The van der Waals surface area contributed by atoms with Gasteiger partial charge >= 0.3 is 5.97 Å². The van der Waals surface area contributed by atoms with Gasteiger partial charge in [-0.3, -0.25) is 14.9 Å². The van der Waals surface area contributed by atoms with E-state index in [9.17, 15) is 20.0 Å². The maximum Gasteiger partial charge on any atom is 0.311 e. The van der Waals surface area contributed by atoms with Crippen molar-refractivity contribution in [1.82, 2.24) is 0 Å². The van der Waals surface area contributed by atoms with Crippen LogP contribution in [0.2, 0.25) is 5.02 Å². The maximum absolute atomic E-state index is 11.2. The van der Waals surface area contributed by atoms with Crippen LogP contribution in [-0.2, 0) is 4.79 Å². The lowest BCUT2D eigenvalue weighted by Gasteiger charge is -2.16. The van der Waals surface area contributed by atoms with Crippen LogP contribution in [-0.4, -0.2) is 16.0 Å². The Morgan fingerprint density at radius 1 is 1.50 bits per heavy atom. The van der Waals surface area contributed by atoms with E-state index in [1.807, 2.05) is 13.8 Å². The van der Waals surface area contributed by atoms with Gasteiger partial charge in [0.15, 0.2) is 0 Å². The Morgan fingerprint density at radius 2 is 2.11 bits per heavy atom. The molecule has 0 fully saturated rings. The largest absolute Gasteiger partial charge is 0.481 e. The highest BCUT2D eigenvalue weighted by molar-refractivity contribution is 6.31. The SMILES string of the molecule is CC(C)CC(C(=O)O)c1ccc([N+](=O)[O-])cc1Cl. The van der Waals surface area contributed by atoms with Crippen molar-refractivity contribution >= 4 is 23.3 Å². The molecule has 1 N–H and O–H groups in total. The molecule has 98 valence electrons. The minimum atomic E-state index is -0.973. The fourth-order valence-corrected chi connectivity index (χ4v) is 2.05. The molecule has 0 amide bonds. The normalized spacial score (nSPS) is 12.4. The van der Waals surface area contributed by atoms with Crippen LogP contribution in [0.4, 0.5) is 5.69 Å². The summed E-state index contributed by atoms with van der Waals surface area (Å²) in [6.45, 7) is 3.82. The number of halogens is 1. The monoisotopic (exact) mass is 271 g/mol. The van der Waals surface area contributed by atoms with Crippen LogP contribution in [0.1, 0.15) is 31.7 Å². The van der Waals surface area contributed by atoms with Crippen LogP contribution < -0.4 is 0 Å². The van der Waals surface area contributed by atoms with Crippen LogP contribution in [0.25, 0.3) is 0 Å². The quantitative estimate of drug-likeness (QED) is 0.657. The number of aliphatic carboxylic acids is 1. The van der Waals surface area contributed by atoms with Gasteiger partial charge in [0.05, 0.1) is 15.9 Å². The van der Waals surface area contributed by atoms with E-state index in [0.29, 0.717) is 12.0 Å². The molecule has 18 heavy (non-hydrogen) atoms. The molecule has 0 saturated carbocycles. The van der Waals surface area contributed by atoms with Crippen molar-refractivity contribution in [3.8, 4) is 0 Å². The van der Waals surface area contributed by atoms with Crippen molar-refractivity contribution in [3.63, 3.8) is 0 Å². The van der Waals surface area contributed by atoms with Gasteiger partial charge in [-0.2, -0.15) is 0 Å². The topological polar surface area (TPSA) is 80.4 Å². The Hall–Kier alpha value is -1.62. The van der Waals surface area contributed by atoms with Crippen LogP contribution in [0.3, 0.4) is 0 Å². The van der Waals surface area contributed by atoms with Crippen molar-refractivity contribution < 1.29 is 14.8 Å². The molecule has 0 saturated heterocycles. The molecule has 0 aliphatic rings. The summed E-state index contributed by atoms with van der Waals surface area (Å²) in [7, 11) is 0. The first-order valence-corrected chi connectivity index (χ1v) is 5.87. The number of nitro groups is 1. The molecule has 0 radical (unpaired) electrons. The lowest BCUT2D eigenvalue weighted by Crippen LogP contribution is -2.14. The Bertz CT molecular complexity index is 473. The van der Waals surface area contributed by atoms with Gasteiger partial charge < -0.3 is 5.11 Å². The number of carboxylic acid groups (broad SMARTS) is 1. The van der Waals surface area contributed by atoms with E-state index in [-0.39, 0.29) is 16.6 Å². The van der Waals surface area contributed by atoms with Crippen molar-refractivity contribution in [2.75, 3.05) is 0 Å². The van der Waals surface area contributed by atoms with Crippen molar-refractivity contribution in [2.45, 2.75) is 26.2 Å². The zero-order valence-electron chi connectivity index (χ0n) is 10.1. The molecule has 0 heterocycles. The average Bonchev–Trinajstić information content (AvgIpc) is 2.25. The second-order valence-corrected chi connectivity index (χ2v) is 4.89. The summed E-state index contributed by atoms with van der Waals surface area (Å²) in [5.74, 6) is -1.52. The second kappa shape index (κ2) is 5.82. The lowest BCUT2D eigenvalue weighted by molar-refractivity contribution is -0.384. The van der Waals surface area contributed by atoms with Gasteiger partial charge in [0.2, 0.25) is 0 Å². The van der Waals surface area contributed by atoms with Crippen molar-refractivity contribution in [2.24, 2.45) is 5.92 Å². The Kier molecular flexibility index (Phi) is 4.67. The molecule has 5 nitrogen and oxygen atoms in total. The van der Waals surface area contributed by atoms with Crippen LogP contribution in [0, 0.1) is 16.0 Å². The fourth-order valence-electron chi connectivity index (χ4n) is 1.74. The van der Waals surface area contributed by atoms with Crippen LogP contribution >= 0.6 is 11.6 Å². The summed E-state index contributed by atoms with van der Waals surface area (Å²) in [6.07, 6.45) is 0.437. The molecular formula is C12H14ClNO4. The number of nitro benzene ring substituents is 1. The van der Waals surface area contributed by atoms with Gasteiger partial charge in [0.25, 0.3) is 5.69 Å².